The number of alkyl halides is 1. The molecule has 0 saturated carbocycles. The van der Waals surface area contributed by atoms with E-state index in [0.29, 0.717) is 0 Å². The molecule has 0 aliphatic heterocycles. The van der Waals surface area contributed by atoms with Crippen LogP contribution in [0.25, 0.3) is 0 Å². The van der Waals surface area contributed by atoms with Crippen molar-refractivity contribution < 1.29 is 0 Å². The van der Waals surface area contributed by atoms with Crippen molar-refractivity contribution >= 4 is 45.8 Å². The summed E-state index contributed by atoms with van der Waals surface area (Å²) in [5, 5.41) is 4.91. The van der Waals surface area contributed by atoms with Gasteiger partial charge in [0.25, 0.3) is 0 Å². The molecule has 90 valence electrons. The minimum Gasteiger partial charge on any atom is -0.313 e. The number of hydrogen-bond acceptors (Lipinski definition) is 1. The van der Waals surface area contributed by atoms with Gasteiger partial charge in [0.2, 0.25) is 0 Å². The zero-order valence-corrected chi connectivity index (χ0v) is 12.8. The lowest BCUT2D eigenvalue weighted by Gasteiger charge is -2.07. The van der Waals surface area contributed by atoms with E-state index in [2.05, 4.69) is 27.9 Å². The van der Waals surface area contributed by atoms with Gasteiger partial charge in [0.15, 0.2) is 0 Å². The van der Waals surface area contributed by atoms with E-state index in [1.54, 1.807) is 0 Å². The van der Waals surface area contributed by atoms with Crippen LogP contribution in [-0.4, -0.2) is 11.0 Å². The van der Waals surface area contributed by atoms with Crippen molar-refractivity contribution in [2.24, 2.45) is 0 Å². The molecule has 0 unspecified atom stereocenters. The Morgan fingerprint density at radius 1 is 1.12 bits per heavy atom. The Balaban J connectivity index is 2.23. The Morgan fingerprint density at radius 3 is 2.69 bits per heavy atom. The van der Waals surface area contributed by atoms with Crippen molar-refractivity contribution in [3.8, 4) is 0 Å². The number of nitrogens with one attached hydrogen (secondary N) is 1. The van der Waals surface area contributed by atoms with E-state index >= 15 is 0 Å². The summed E-state index contributed by atoms with van der Waals surface area (Å²) in [4.78, 5) is 0. The molecule has 0 atom stereocenters. The summed E-state index contributed by atoms with van der Waals surface area (Å²) in [6.07, 6.45) is 3.82. The summed E-state index contributed by atoms with van der Waals surface area (Å²) in [5.74, 6) is 0. The molecular formula is C12H16Cl2IN. The number of benzene rings is 1. The van der Waals surface area contributed by atoms with Crippen LogP contribution in [0, 0.1) is 0 Å². The maximum Gasteiger partial charge on any atom is 0.0451 e. The number of unbranched alkanes of at least 4 members (excludes halogenated alkanes) is 2. The van der Waals surface area contributed by atoms with Crippen molar-refractivity contribution in [3.63, 3.8) is 0 Å². The molecule has 4 heteroatoms. The Bertz CT molecular complexity index is 318. The first-order chi connectivity index (χ1) is 7.74. The first-order valence-corrected chi connectivity index (χ1v) is 7.73. The second-order valence-corrected chi connectivity index (χ2v) is 5.58. The van der Waals surface area contributed by atoms with Gasteiger partial charge in [0.1, 0.15) is 0 Å². The van der Waals surface area contributed by atoms with E-state index in [0.717, 1.165) is 28.7 Å². The van der Waals surface area contributed by atoms with Crippen LogP contribution in [0.1, 0.15) is 24.8 Å². The highest BCUT2D eigenvalue weighted by Gasteiger charge is 2.00. The SMILES string of the molecule is Clc1ccc(Cl)c(CNCCCCCI)c1. The summed E-state index contributed by atoms with van der Waals surface area (Å²) in [6, 6.07) is 5.58. The van der Waals surface area contributed by atoms with E-state index in [-0.39, 0.29) is 0 Å². The molecule has 0 aliphatic carbocycles. The van der Waals surface area contributed by atoms with Gasteiger partial charge in [0.05, 0.1) is 0 Å². The molecule has 0 spiro atoms. The molecule has 0 saturated heterocycles. The lowest BCUT2D eigenvalue weighted by atomic mass is 10.2. The Hall–Kier alpha value is 0.490. The number of halogens is 3. The van der Waals surface area contributed by atoms with Gasteiger partial charge in [-0.15, -0.1) is 0 Å². The molecule has 0 amide bonds. The van der Waals surface area contributed by atoms with Crippen molar-refractivity contribution in [1.29, 1.82) is 0 Å². The summed E-state index contributed by atoms with van der Waals surface area (Å²) < 4.78 is 1.25. The van der Waals surface area contributed by atoms with E-state index in [9.17, 15) is 0 Å². The van der Waals surface area contributed by atoms with Crippen molar-refractivity contribution in [2.45, 2.75) is 25.8 Å². The summed E-state index contributed by atoms with van der Waals surface area (Å²) >= 11 is 14.4. The third kappa shape index (κ3) is 5.71. The molecular weight excluding hydrogens is 356 g/mol. The molecule has 16 heavy (non-hydrogen) atoms. The monoisotopic (exact) mass is 371 g/mol. The van der Waals surface area contributed by atoms with Crippen molar-refractivity contribution in [2.75, 3.05) is 11.0 Å². The average molecular weight is 372 g/mol. The largest absolute Gasteiger partial charge is 0.313 e. The number of rotatable bonds is 7. The van der Waals surface area contributed by atoms with Crippen molar-refractivity contribution in [3.05, 3.63) is 33.8 Å². The summed E-state index contributed by atoms with van der Waals surface area (Å²) in [6.45, 7) is 1.84. The van der Waals surface area contributed by atoms with Crippen LogP contribution in [-0.2, 0) is 6.54 Å². The Morgan fingerprint density at radius 2 is 1.94 bits per heavy atom. The molecule has 0 radical (unpaired) electrons. The normalized spacial score (nSPS) is 10.7. The van der Waals surface area contributed by atoms with Crippen molar-refractivity contribution in [1.82, 2.24) is 5.32 Å². The van der Waals surface area contributed by atoms with Crippen LogP contribution in [0.5, 0.6) is 0 Å². The van der Waals surface area contributed by atoms with Gasteiger partial charge < -0.3 is 5.32 Å². The average Bonchev–Trinajstić information content (AvgIpc) is 2.28. The molecule has 1 N–H and O–H groups in total. The lowest BCUT2D eigenvalue weighted by Crippen LogP contribution is -2.14. The maximum absolute atomic E-state index is 6.06. The van der Waals surface area contributed by atoms with Crippen LogP contribution in [0.2, 0.25) is 10.0 Å². The topological polar surface area (TPSA) is 12.0 Å². The van der Waals surface area contributed by atoms with Gasteiger partial charge in [-0.05, 0) is 47.6 Å². The minimum atomic E-state index is 0.742. The van der Waals surface area contributed by atoms with Gasteiger partial charge >= 0.3 is 0 Å². The molecule has 0 aliphatic rings. The van der Waals surface area contributed by atoms with Crippen LogP contribution < -0.4 is 5.32 Å². The Labute approximate surface area is 121 Å². The fraction of sp³-hybridized carbons (Fsp3) is 0.500. The second kappa shape index (κ2) is 8.56. The molecule has 1 aromatic carbocycles. The van der Waals surface area contributed by atoms with Gasteiger partial charge in [-0.25, -0.2) is 0 Å². The molecule has 1 rings (SSSR count). The molecule has 0 bridgehead atoms. The van der Waals surface area contributed by atoms with Gasteiger partial charge in [-0.2, -0.15) is 0 Å². The van der Waals surface area contributed by atoms with Gasteiger partial charge in [-0.3, -0.25) is 0 Å². The lowest BCUT2D eigenvalue weighted by molar-refractivity contribution is 0.620. The second-order valence-electron chi connectivity index (χ2n) is 3.66. The quantitative estimate of drug-likeness (QED) is 0.416. The molecule has 0 heterocycles. The van der Waals surface area contributed by atoms with Crippen LogP contribution >= 0.6 is 45.8 Å². The zero-order chi connectivity index (χ0) is 11.8. The minimum absolute atomic E-state index is 0.742. The van der Waals surface area contributed by atoms with Crippen LogP contribution in [0.15, 0.2) is 18.2 Å². The van der Waals surface area contributed by atoms with E-state index in [1.807, 2.05) is 18.2 Å². The molecule has 1 nitrogen and oxygen atoms in total. The molecule has 0 aromatic heterocycles. The van der Waals surface area contributed by atoms with Gasteiger partial charge in [-0.1, -0.05) is 52.2 Å². The van der Waals surface area contributed by atoms with Crippen LogP contribution in [0.3, 0.4) is 0 Å². The smallest absolute Gasteiger partial charge is 0.0451 e. The van der Waals surface area contributed by atoms with E-state index < -0.39 is 0 Å². The third-order valence-electron chi connectivity index (χ3n) is 2.31. The molecule has 1 aromatic rings. The first kappa shape index (κ1) is 14.6. The van der Waals surface area contributed by atoms with Gasteiger partial charge in [0, 0.05) is 16.6 Å². The maximum atomic E-state index is 6.06. The third-order valence-corrected chi connectivity index (χ3v) is 3.68. The van der Waals surface area contributed by atoms with E-state index in [4.69, 9.17) is 23.2 Å². The highest BCUT2D eigenvalue weighted by molar-refractivity contribution is 14.1. The molecule has 0 fully saturated rings. The standard InChI is InChI=1S/C12H16Cl2IN/c13-11-4-5-12(14)10(8-11)9-16-7-3-1-2-6-15/h4-5,8,16H,1-3,6-7,9H2. The fourth-order valence-electron chi connectivity index (χ4n) is 1.42. The Kier molecular flexibility index (Phi) is 7.79. The first-order valence-electron chi connectivity index (χ1n) is 5.44. The fourth-order valence-corrected chi connectivity index (χ4v) is 2.34. The number of hydrogen-bond donors (Lipinski definition) is 1. The predicted octanol–water partition coefficient (Wildman–Crippen LogP) is 4.69. The highest BCUT2D eigenvalue weighted by Crippen LogP contribution is 2.20. The van der Waals surface area contributed by atoms with Crippen LogP contribution in [0.4, 0.5) is 0 Å². The highest BCUT2D eigenvalue weighted by atomic mass is 127. The predicted molar refractivity (Wildman–Crippen MR) is 80.9 cm³/mol. The van der Waals surface area contributed by atoms with E-state index in [1.165, 1.54) is 23.7 Å². The summed E-state index contributed by atoms with van der Waals surface area (Å²) in [5.41, 5.74) is 1.07. The zero-order valence-electron chi connectivity index (χ0n) is 9.11. The summed E-state index contributed by atoms with van der Waals surface area (Å²) in [7, 11) is 0.